The van der Waals surface area contributed by atoms with E-state index in [1.54, 1.807) is 0 Å². The summed E-state index contributed by atoms with van der Waals surface area (Å²) in [6.45, 7) is 7.75. The number of nitrogens with two attached hydrogens (primary N) is 1. The first-order valence-electron chi connectivity index (χ1n) is 5.50. The van der Waals surface area contributed by atoms with Crippen molar-refractivity contribution in [2.75, 3.05) is 13.2 Å². The van der Waals surface area contributed by atoms with Gasteiger partial charge in [-0.15, -0.1) is 0 Å². The Bertz CT molecular complexity index is 307. The maximum Gasteiger partial charge on any atom is 0.122 e. The topological polar surface area (TPSA) is 35.2 Å². The van der Waals surface area contributed by atoms with Gasteiger partial charge in [-0.1, -0.05) is 32.0 Å². The minimum atomic E-state index is 0.132. The van der Waals surface area contributed by atoms with Crippen LogP contribution in [0.25, 0.3) is 0 Å². The molecule has 0 aromatic heterocycles. The summed E-state index contributed by atoms with van der Waals surface area (Å²) in [5.41, 5.74) is 7.11. The summed E-state index contributed by atoms with van der Waals surface area (Å²) in [7, 11) is 0. The van der Waals surface area contributed by atoms with Crippen molar-refractivity contribution in [1.82, 2.24) is 0 Å². The van der Waals surface area contributed by atoms with E-state index in [-0.39, 0.29) is 5.41 Å². The van der Waals surface area contributed by atoms with Crippen LogP contribution in [0.3, 0.4) is 0 Å². The second kappa shape index (κ2) is 5.17. The molecule has 0 aliphatic carbocycles. The Morgan fingerprint density at radius 3 is 2.53 bits per heavy atom. The first-order valence-corrected chi connectivity index (χ1v) is 5.50. The molecule has 0 bridgehead atoms. The van der Waals surface area contributed by atoms with Gasteiger partial charge >= 0.3 is 0 Å². The SMILES string of the molecule is CCOc1ccccc1CC(C)(C)CN. The zero-order chi connectivity index (χ0) is 11.3. The molecule has 1 aromatic carbocycles. The van der Waals surface area contributed by atoms with Gasteiger partial charge in [-0.25, -0.2) is 0 Å². The minimum absolute atomic E-state index is 0.132. The number of ether oxygens (including phenoxy) is 1. The lowest BCUT2D eigenvalue weighted by atomic mass is 9.85. The summed E-state index contributed by atoms with van der Waals surface area (Å²) in [6.07, 6.45) is 0.958. The van der Waals surface area contributed by atoms with Crippen molar-refractivity contribution < 1.29 is 4.74 Å². The third-order valence-corrected chi connectivity index (χ3v) is 2.49. The third-order valence-electron chi connectivity index (χ3n) is 2.49. The van der Waals surface area contributed by atoms with Crippen molar-refractivity contribution in [2.45, 2.75) is 27.2 Å². The molecule has 84 valence electrons. The molecule has 2 nitrogen and oxygen atoms in total. The molecule has 0 saturated heterocycles. The molecule has 0 fully saturated rings. The number of hydrogen-bond acceptors (Lipinski definition) is 2. The van der Waals surface area contributed by atoms with Gasteiger partial charge in [0.1, 0.15) is 5.75 Å². The summed E-state index contributed by atoms with van der Waals surface area (Å²) in [5.74, 6) is 0.988. The molecule has 0 atom stereocenters. The van der Waals surface area contributed by atoms with Gasteiger partial charge in [0.25, 0.3) is 0 Å². The van der Waals surface area contributed by atoms with Crippen LogP contribution >= 0.6 is 0 Å². The molecule has 0 heterocycles. The van der Waals surface area contributed by atoms with Crippen LogP contribution in [0.4, 0.5) is 0 Å². The zero-order valence-corrected chi connectivity index (χ0v) is 9.92. The number of para-hydroxylation sites is 1. The lowest BCUT2D eigenvalue weighted by Gasteiger charge is -2.23. The average Bonchev–Trinajstić information content (AvgIpc) is 2.21. The van der Waals surface area contributed by atoms with Gasteiger partial charge in [-0.3, -0.25) is 0 Å². The van der Waals surface area contributed by atoms with Crippen molar-refractivity contribution in [3.8, 4) is 5.75 Å². The quantitative estimate of drug-likeness (QED) is 0.805. The minimum Gasteiger partial charge on any atom is -0.494 e. The molecule has 0 saturated carbocycles. The first kappa shape index (κ1) is 12.1. The fraction of sp³-hybridized carbons (Fsp3) is 0.538. The van der Waals surface area contributed by atoms with Gasteiger partial charge in [0.15, 0.2) is 0 Å². The van der Waals surface area contributed by atoms with Gasteiger partial charge in [-0.2, -0.15) is 0 Å². The molecule has 0 aliphatic rings. The molecule has 1 rings (SSSR count). The Balaban J connectivity index is 2.84. The number of benzene rings is 1. The molecule has 2 N–H and O–H groups in total. The van der Waals surface area contributed by atoms with Crippen molar-refractivity contribution in [3.05, 3.63) is 29.8 Å². The van der Waals surface area contributed by atoms with E-state index in [4.69, 9.17) is 10.5 Å². The van der Waals surface area contributed by atoms with Gasteiger partial charge in [-0.05, 0) is 36.9 Å². The van der Waals surface area contributed by atoms with E-state index in [2.05, 4.69) is 19.9 Å². The molecular formula is C13H21NO. The van der Waals surface area contributed by atoms with Crippen molar-refractivity contribution in [2.24, 2.45) is 11.1 Å². The Labute approximate surface area is 92.4 Å². The van der Waals surface area contributed by atoms with Crippen LogP contribution in [-0.4, -0.2) is 13.2 Å². The highest BCUT2D eigenvalue weighted by Crippen LogP contribution is 2.26. The molecular weight excluding hydrogens is 186 g/mol. The normalized spacial score (nSPS) is 11.5. The van der Waals surface area contributed by atoms with Crippen LogP contribution in [-0.2, 0) is 6.42 Å². The molecule has 0 aliphatic heterocycles. The predicted molar refractivity (Wildman–Crippen MR) is 64.2 cm³/mol. The zero-order valence-electron chi connectivity index (χ0n) is 9.92. The maximum atomic E-state index is 5.74. The Morgan fingerprint density at radius 2 is 1.93 bits per heavy atom. The highest BCUT2D eigenvalue weighted by atomic mass is 16.5. The molecule has 0 radical (unpaired) electrons. The Hall–Kier alpha value is -1.02. The second-order valence-corrected chi connectivity index (χ2v) is 4.59. The second-order valence-electron chi connectivity index (χ2n) is 4.59. The summed E-state index contributed by atoms with van der Waals surface area (Å²) in [6, 6.07) is 8.18. The third kappa shape index (κ3) is 3.56. The van der Waals surface area contributed by atoms with Gasteiger partial charge < -0.3 is 10.5 Å². The van der Waals surface area contributed by atoms with E-state index < -0.39 is 0 Å². The van der Waals surface area contributed by atoms with E-state index >= 15 is 0 Å². The van der Waals surface area contributed by atoms with E-state index in [9.17, 15) is 0 Å². The van der Waals surface area contributed by atoms with Crippen molar-refractivity contribution >= 4 is 0 Å². The molecule has 1 aromatic rings. The van der Waals surface area contributed by atoms with E-state index in [1.165, 1.54) is 5.56 Å². The molecule has 2 heteroatoms. The predicted octanol–water partition coefficient (Wildman–Crippen LogP) is 2.61. The molecule has 0 unspecified atom stereocenters. The monoisotopic (exact) mass is 207 g/mol. The van der Waals surface area contributed by atoms with Gasteiger partial charge in [0.2, 0.25) is 0 Å². The Kier molecular flexibility index (Phi) is 4.15. The Morgan fingerprint density at radius 1 is 1.27 bits per heavy atom. The van der Waals surface area contributed by atoms with Gasteiger partial charge in [0.05, 0.1) is 6.61 Å². The van der Waals surface area contributed by atoms with Crippen LogP contribution < -0.4 is 10.5 Å². The van der Waals surface area contributed by atoms with Gasteiger partial charge in [0, 0.05) is 0 Å². The summed E-state index contributed by atoms with van der Waals surface area (Å²) in [5, 5.41) is 0. The smallest absolute Gasteiger partial charge is 0.122 e. The van der Waals surface area contributed by atoms with Crippen LogP contribution in [0.5, 0.6) is 5.75 Å². The van der Waals surface area contributed by atoms with E-state index in [1.807, 2.05) is 25.1 Å². The van der Waals surface area contributed by atoms with Crippen molar-refractivity contribution in [1.29, 1.82) is 0 Å². The molecule has 0 amide bonds. The standard InChI is InChI=1S/C13H21NO/c1-4-15-12-8-6-5-7-11(12)9-13(2,3)10-14/h5-8H,4,9-10,14H2,1-3H3. The van der Waals surface area contributed by atoms with Crippen molar-refractivity contribution in [3.63, 3.8) is 0 Å². The largest absolute Gasteiger partial charge is 0.494 e. The van der Waals surface area contributed by atoms with Crippen LogP contribution in [0.1, 0.15) is 26.3 Å². The highest BCUT2D eigenvalue weighted by Gasteiger charge is 2.18. The molecule has 15 heavy (non-hydrogen) atoms. The number of hydrogen-bond donors (Lipinski definition) is 1. The van der Waals surface area contributed by atoms with Crippen LogP contribution in [0.15, 0.2) is 24.3 Å². The number of rotatable bonds is 5. The van der Waals surface area contributed by atoms with E-state index in [0.29, 0.717) is 13.2 Å². The van der Waals surface area contributed by atoms with E-state index in [0.717, 1.165) is 12.2 Å². The summed E-state index contributed by atoms with van der Waals surface area (Å²) in [4.78, 5) is 0. The fourth-order valence-electron chi connectivity index (χ4n) is 1.53. The van der Waals surface area contributed by atoms with Crippen LogP contribution in [0, 0.1) is 5.41 Å². The lowest BCUT2D eigenvalue weighted by Crippen LogP contribution is -2.26. The average molecular weight is 207 g/mol. The first-order chi connectivity index (χ1) is 7.09. The maximum absolute atomic E-state index is 5.74. The highest BCUT2D eigenvalue weighted by molar-refractivity contribution is 5.34. The summed E-state index contributed by atoms with van der Waals surface area (Å²) < 4.78 is 5.59. The lowest BCUT2D eigenvalue weighted by molar-refractivity contribution is 0.323. The van der Waals surface area contributed by atoms with Crippen LogP contribution in [0.2, 0.25) is 0 Å². The fourth-order valence-corrected chi connectivity index (χ4v) is 1.53. The molecule has 0 spiro atoms. The summed E-state index contributed by atoms with van der Waals surface area (Å²) >= 11 is 0.